The Bertz CT molecular complexity index is 766. The number of ether oxygens (including phenoxy) is 1. The van der Waals surface area contributed by atoms with Crippen LogP contribution in [-0.4, -0.2) is 52.7 Å². The van der Waals surface area contributed by atoms with E-state index in [1.165, 1.54) is 17.2 Å². The monoisotopic (exact) mass is 355 g/mol. The Morgan fingerprint density at radius 3 is 2.60 bits per heavy atom. The van der Waals surface area contributed by atoms with Crippen LogP contribution in [0.25, 0.3) is 5.82 Å². The van der Waals surface area contributed by atoms with Crippen molar-refractivity contribution < 1.29 is 22.7 Å². The first-order valence-corrected chi connectivity index (χ1v) is 7.23. The maximum Gasteiger partial charge on any atom is 0.417 e. The molecular weight excluding hydrogens is 339 g/mol. The summed E-state index contributed by atoms with van der Waals surface area (Å²) < 4.78 is 44.1. The molecule has 0 saturated carbocycles. The summed E-state index contributed by atoms with van der Waals surface area (Å²) in [6.45, 7) is 1.82. The number of rotatable bonds is 5. The van der Waals surface area contributed by atoms with Crippen LogP contribution in [0.15, 0.2) is 29.5 Å². The van der Waals surface area contributed by atoms with Crippen LogP contribution in [0.5, 0.6) is 0 Å². The zero-order chi connectivity index (χ0) is 18.6. The van der Waals surface area contributed by atoms with Crippen LogP contribution in [0.2, 0.25) is 0 Å². The summed E-state index contributed by atoms with van der Waals surface area (Å²) in [5.41, 5.74) is -0.797. The molecule has 0 aromatic carbocycles. The highest BCUT2D eigenvalue weighted by atomic mass is 19.4. The van der Waals surface area contributed by atoms with Gasteiger partial charge in [-0.3, -0.25) is 0 Å². The van der Waals surface area contributed by atoms with Crippen LogP contribution < -0.4 is 0 Å². The van der Waals surface area contributed by atoms with Gasteiger partial charge in [0.05, 0.1) is 24.7 Å². The van der Waals surface area contributed by atoms with E-state index >= 15 is 0 Å². The molecule has 2 aromatic rings. The number of aromatic nitrogens is 3. The van der Waals surface area contributed by atoms with E-state index in [0.29, 0.717) is 6.20 Å². The standard InChI is InChI=1S/C15H16F3N5O2/c1-4-25-14(24)11-8-21-23(13(11)20-9-22(2)3)12-6-5-10(7-19-12)15(16,17)18/h5-9H,4H2,1-3H3/b20-9+. The van der Waals surface area contributed by atoms with Gasteiger partial charge in [-0.15, -0.1) is 0 Å². The zero-order valence-corrected chi connectivity index (χ0v) is 13.8. The smallest absolute Gasteiger partial charge is 0.417 e. The molecule has 0 saturated heterocycles. The molecule has 10 heteroatoms. The van der Waals surface area contributed by atoms with E-state index in [9.17, 15) is 18.0 Å². The Labute approximate surface area is 141 Å². The summed E-state index contributed by atoms with van der Waals surface area (Å²) in [6.07, 6.45) is -1.13. The number of pyridine rings is 1. The van der Waals surface area contributed by atoms with Crippen LogP contribution in [-0.2, 0) is 10.9 Å². The third-order valence-electron chi connectivity index (χ3n) is 2.94. The Morgan fingerprint density at radius 1 is 1.36 bits per heavy atom. The summed E-state index contributed by atoms with van der Waals surface area (Å²) in [5, 5.41) is 4.00. The highest BCUT2D eigenvalue weighted by Gasteiger charge is 2.31. The first-order valence-electron chi connectivity index (χ1n) is 7.23. The van der Waals surface area contributed by atoms with Gasteiger partial charge >= 0.3 is 12.1 Å². The Balaban J connectivity index is 2.48. The summed E-state index contributed by atoms with van der Waals surface area (Å²) in [4.78, 5) is 21.6. The molecule has 0 aliphatic rings. The number of esters is 1. The quantitative estimate of drug-likeness (QED) is 0.468. The number of carbonyl (C=O) groups excluding carboxylic acids is 1. The lowest BCUT2D eigenvalue weighted by molar-refractivity contribution is -0.137. The average molecular weight is 355 g/mol. The zero-order valence-electron chi connectivity index (χ0n) is 13.8. The highest BCUT2D eigenvalue weighted by molar-refractivity contribution is 5.94. The predicted molar refractivity (Wildman–Crippen MR) is 84.2 cm³/mol. The van der Waals surface area contributed by atoms with Crippen molar-refractivity contribution in [2.45, 2.75) is 13.1 Å². The van der Waals surface area contributed by atoms with Crippen LogP contribution >= 0.6 is 0 Å². The van der Waals surface area contributed by atoms with Crippen molar-refractivity contribution in [3.05, 3.63) is 35.7 Å². The fourth-order valence-corrected chi connectivity index (χ4v) is 1.84. The third kappa shape index (κ3) is 4.34. The van der Waals surface area contributed by atoms with Gasteiger partial charge in [-0.25, -0.2) is 14.8 Å². The number of alkyl halides is 3. The molecule has 0 aliphatic heterocycles. The molecule has 0 aliphatic carbocycles. The number of hydrogen-bond acceptors (Lipinski definition) is 5. The van der Waals surface area contributed by atoms with Crippen molar-refractivity contribution >= 4 is 18.1 Å². The topological polar surface area (TPSA) is 72.6 Å². The number of carbonyl (C=O) groups is 1. The molecule has 0 radical (unpaired) electrons. The lowest BCUT2D eigenvalue weighted by Gasteiger charge is -2.09. The van der Waals surface area contributed by atoms with Gasteiger partial charge in [0.15, 0.2) is 11.6 Å². The van der Waals surface area contributed by atoms with Crippen LogP contribution in [0.3, 0.4) is 0 Å². The number of aliphatic imine (C=N–C) groups is 1. The van der Waals surface area contributed by atoms with E-state index in [4.69, 9.17) is 4.74 Å². The first kappa shape index (κ1) is 18.4. The fourth-order valence-electron chi connectivity index (χ4n) is 1.84. The fraction of sp³-hybridized carbons (Fsp3) is 0.333. The van der Waals surface area contributed by atoms with E-state index in [1.54, 1.807) is 25.9 Å². The average Bonchev–Trinajstić information content (AvgIpc) is 2.96. The third-order valence-corrected chi connectivity index (χ3v) is 2.94. The van der Waals surface area contributed by atoms with E-state index in [-0.39, 0.29) is 23.8 Å². The van der Waals surface area contributed by atoms with Gasteiger partial charge in [-0.2, -0.15) is 23.0 Å². The predicted octanol–water partition coefficient (Wildman–Crippen LogP) is 2.68. The van der Waals surface area contributed by atoms with E-state index in [0.717, 1.165) is 12.1 Å². The van der Waals surface area contributed by atoms with Crippen LogP contribution in [0.4, 0.5) is 19.0 Å². The Hall–Kier alpha value is -2.91. The van der Waals surface area contributed by atoms with Crippen molar-refractivity contribution in [1.29, 1.82) is 0 Å². The summed E-state index contributed by atoms with van der Waals surface area (Å²) in [6, 6.07) is 2.03. The van der Waals surface area contributed by atoms with Gasteiger partial charge in [0.25, 0.3) is 0 Å². The molecule has 2 rings (SSSR count). The molecule has 134 valence electrons. The van der Waals surface area contributed by atoms with Crippen molar-refractivity contribution in [2.75, 3.05) is 20.7 Å². The lowest BCUT2D eigenvalue weighted by atomic mass is 10.3. The minimum atomic E-state index is -4.49. The van der Waals surface area contributed by atoms with Crippen molar-refractivity contribution in [2.24, 2.45) is 4.99 Å². The van der Waals surface area contributed by atoms with Crippen molar-refractivity contribution in [3.63, 3.8) is 0 Å². The summed E-state index contributed by atoms with van der Waals surface area (Å²) >= 11 is 0. The number of halogens is 3. The first-order chi connectivity index (χ1) is 11.7. The van der Waals surface area contributed by atoms with Gasteiger partial charge < -0.3 is 9.64 Å². The van der Waals surface area contributed by atoms with E-state index in [2.05, 4.69) is 15.1 Å². The van der Waals surface area contributed by atoms with Gasteiger partial charge in [0, 0.05) is 20.3 Å². The van der Waals surface area contributed by atoms with Crippen molar-refractivity contribution in [1.82, 2.24) is 19.7 Å². The molecule has 0 fully saturated rings. The molecule has 0 bridgehead atoms. The molecule has 0 spiro atoms. The second-order valence-electron chi connectivity index (χ2n) is 5.13. The van der Waals surface area contributed by atoms with Gasteiger partial charge in [0.2, 0.25) is 0 Å². The maximum atomic E-state index is 12.7. The van der Waals surface area contributed by atoms with Crippen molar-refractivity contribution in [3.8, 4) is 5.82 Å². The van der Waals surface area contributed by atoms with Gasteiger partial charge in [0.1, 0.15) is 5.56 Å². The molecular formula is C15H16F3N5O2. The Morgan fingerprint density at radius 2 is 2.08 bits per heavy atom. The number of hydrogen-bond donors (Lipinski definition) is 0. The molecule has 25 heavy (non-hydrogen) atoms. The largest absolute Gasteiger partial charge is 0.462 e. The van der Waals surface area contributed by atoms with Crippen LogP contribution in [0.1, 0.15) is 22.8 Å². The highest BCUT2D eigenvalue weighted by Crippen LogP contribution is 2.29. The van der Waals surface area contributed by atoms with Crippen LogP contribution in [0, 0.1) is 0 Å². The second-order valence-corrected chi connectivity index (χ2v) is 5.13. The molecule has 0 unspecified atom stereocenters. The Kier molecular flexibility index (Phi) is 5.40. The van der Waals surface area contributed by atoms with E-state index in [1.807, 2.05) is 0 Å². The lowest BCUT2D eigenvalue weighted by Crippen LogP contribution is -2.10. The maximum absolute atomic E-state index is 12.7. The SMILES string of the molecule is CCOC(=O)c1cnn(-c2ccc(C(F)(F)F)cn2)c1/N=C/N(C)C. The number of nitrogens with zero attached hydrogens (tertiary/aromatic N) is 5. The minimum absolute atomic E-state index is 0.0849. The van der Waals surface area contributed by atoms with E-state index < -0.39 is 17.7 Å². The normalized spacial score (nSPS) is 11.8. The molecule has 7 nitrogen and oxygen atoms in total. The molecule has 2 aromatic heterocycles. The molecule has 0 atom stereocenters. The molecule has 2 heterocycles. The van der Waals surface area contributed by atoms with Gasteiger partial charge in [-0.05, 0) is 19.1 Å². The molecule has 0 amide bonds. The second kappa shape index (κ2) is 7.32. The summed E-state index contributed by atoms with van der Waals surface area (Å²) in [7, 11) is 3.45. The summed E-state index contributed by atoms with van der Waals surface area (Å²) in [5.74, 6) is -0.430. The van der Waals surface area contributed by atoms with Gasteiger partial charge in [-0.1, -0.05) is 0 Å². The molecule has 0 N–H and O–H groups in total. The minimum Gasteiger partial charge on any atom is -0.462 e.